The Morgan fingerprint density at radius 2 is 1.53 bits per heavy atom. The summed E-state index contributed by atoms with van der Waals surface area (Å²) in [6.45, 7) is 8.44. The SMILES string of the molecule is CC(C)c1cccc(C(C)C)c1NC(=O)c1cccnc1S(=O)Cc1ccccc1. The molecule has 1 amide bonds. The summed E-state index contributed by atoms with van der Waals surface area (Å²) in [7, 11) is -1.42. The quantitative estimate of drug-likeness (QED) is 0.518. The van der Waals surface area contributed by atoms with Gasteiger partial charge in [-0.3, -0.25) is 9.00 Å². The van der Waals surface area contributed by atoms with Gasteiger partial charge in [0.2, 0.25) is 0 Å². The molecular formula is C25H28N2O2S. The lowest BCUT2D eigenvalue weighted by Crippen LogP contribution is -2.19. The molecule has 0 bridgehead atoms. The van der Waals surface area contributed by atoms with Crippen LogP contribution in [0.4, 0.5) is 5.69 Å². The summed E-state index contributed by atoms with van der Waals surface area (Å²) in [4.78, 5) is 17.5. The summed E-state index contributed by atoms with van der Waals surface area (Å²) in [6.07, 6.45) is 1.58. The van der Waals surface area contributed by atoms with Crippen molar-refractivity contribution >= 4 is 22.4 Å². The average Bonchev–Trinajstić information content (AvgIpc) is 2.74. The van der Waals surface area contributed by atoms with Crippen molar-refractivity contribution in [3.05, 3.63) is 89.1 Å². The van der Waals surface area contributed by atoms with Gasteiger partial charge in [-0.1, -0.05) is 76.2 Å². The van der Waals surface area contributed by atoms with Crippen LogP contribution in [0.5, 0.6) is 0 Å². The maximum Gasteiger partial charge on any atom is 0.258 e. The molecule has 3 aromatic rings. The van der Waals surface area contributed by atoms with E-state index in [0.29, 0.717) is 16.3 Å². The number of carbonyl (C=O) groups is 1. The van der Waals surface area contributed by atoms with Crippen LogP contribution >= 0.6 is 0 Å². The van der Waals surface area contributed by atoms with Crippen molar-refractivity contribution in [2.24, 2.45) is 0 Å². The second-order valence-electron chi connectivity index (χ2n) is 7.91. The van der Waals surface area contributed by atoms with Crippen LogP contribution in [-0.2, 0) is 16.6 Å². The molecule has 1 atom stereocenters. The van der Waals surface area contributed by atoms with Crippen LogP contribution in [0.2, 0.25) is 0 Å². The van der Waals surface area contributed by atoms with Gasteiger partial charge in [-0.05, 0) is 40.7 Å². The van der Waals surface area contributed by atoms with Crippen molar-refractivity contribution in [3.63, 3.8) is 0 Å². The molecule has 2 aromatic carbocycles. The molecule has 0 spiro atoms. The van der Waals surface area contributed by atoms with Crippen molar-refractivity contribution < 1.29 is 9.00 Å². The van der Waals surface area contributed by atoms with Crippen LogP contribution in [-0.4, -0.2) is 15.1 Å². The Bertz CT molecular complexity index is 1020. The monoisotopic (exact) mass is 420 g/mol. The van der Waals surface area contributed by atoms with Crippen molar-refractivity contribution in [1.29, 1.82) is 0 Å². The van der Waals surface area contributed by atoms with Gasteiger partial charge in [-0.2, -0.15) is 0 Å². The Labute approximate surface area is 181 Å². The third-order valence-corrected chi connectivity index (χ3v) is 6.34. The molecule has 156 valence electrons. The van der Waals surface area contributed by atoms with E-state index in [0.717, 1.165) is 22.4 Å². The van der Waals surface area contributed by atoms with Crippen LogP contribution in [0, 0.1) is 0 Å². The van der Waals surface area contributed by atoms with Crippen LogP contribution in [0.15, 0.2) is 71.9 Å². The molecule has 1 N–H and O–H groups in total. The van der Waals surface area contributed by atoms with E-state index in [-0.39, 0.29) is 17.7 Å². The van der Waals surface area contributed by atoms with Crippen LogP contribution in [0.3, 0.4) is 0 Å². The number of nitrogens with one attached hydrogen (secondary N) is 1. The number of anilines is 1. The van der Waals surface area contributed by atoms with E-state index < -0.39 is 10.8 Å². The Morgan fingerprint density at radius 1 is 0.900 bits per heavy atom. The maximum absolute atomic E-state index is 13.3. The molecule has 0 saturated carbocycles. The average molecular weight is 421 g/mol. The van der Waals surface area contributed by atoms with Gasteiger partial charge >= 0.3 is 0 Å². The van der Waals surface area contributed by atoms with Crippen molar-refractivity contribution in [1.82, 2.24) is 4.98 Å². The summed E-state index contributed by atoms with van der Waals surface area (Å²) in [6, 6.07) is 19.1. The summed E-state index contributed by atoms with van der Waals surface area (Å²) in [5.41, 5.74) is 4.31. The van der Waals surface area contributed by atoms with E-state index in [1.165, 1.54) is 0 Å². The Morgan fingerprint density at radius 3 is 2.13 bits per heavy atom. The van der Waals surface area contributed by atoms with Gasteiger partial charge in [0.25, 0.3) is 5.91 Å². The zero-order valence-corrected chi connectivity index (χ0v) is 18.7. The molecule has 1 aromatic heterocycles. The van der Waals surface area contributed by atoms with Gasteiger partial charge in [-0.15, -0.1) is 0 Å². The zero-order valence-electron chi connectivity index (χ0n) is 17.9. The minimum atomic E-state index is -1.42. The molecule has 0 aliphatic heterocycles. The first-order chi connectivity index (χ1) is 14.4. The minimum absolute atomic E-state index is 0.264. The number of para-hydroxylation sites is 1. The first-order valence-corrected chi connectivity index (χ1v) is 11.5. The number of rotatable bonds is 7. The topological polar surface area (TPSA) is 59.1 Å². The fourth-order valence-corrected chi connectivity index (χ4v) is 4.63. The highest BCUT2D eigenvalue weighted by Gasteiger charge is 2.21. The number of amides is 1. The molecule has 0 aliphatic carbocycles. The lowest BCUT2D eigenvalue weighted by molar-refractivity contribution is 0.102. The zero-order chi connectivity index (χ0) is 21.7. The van der Waals surface area contributed by atoms with E-state index in [1.807, 2.05) is 48.5 Å². The summed E-state index contributed by atoms with van der Waals surface area (Å²) < 4.78 is 13.0. The van der Waals surface area contributed by atoms with Crippen LogP contribution < -0.4 is 5.32 Å². The highest BCUT2D eigenvalue weighted by Crippen LogP contribution is 2.33. The molecule has 30 heavy (non-hydrogen) atoms. The number of pyridine rings is 1. The summed E-state index contributed by atoms with van der Waals surface area (Å²) in [5.74, 6) is 0.562. The van der Waals surface area contributed by atoms with Gasteiger partial charge in [0.15, 0.2) is 0 Å². The van der Waals surface area contributed by atoms with Gasteiger partial charge in [0.1, 0.15) is 5.03 Å². The van der Waals surface area contributed by atoms with E-state index >= 15 is 0 Å². The van der Waals surface area contributed by atoms with E-state index in [2.05, 4.69) is 38.0 Å². The van der Waals surface area contributed by atoms with E-state index in [1.54, 1.807) is 18.3 Å². The molecule has 0 aliphatic rings. The Kier molecular flexibility index (Phi) is 7.16. The number of aromatic nitrogens is 1. The molecule has 0 saturated heterocycles. The number of hydrogen-bond acceptors (Lipinski definition) is 3. The van der Waals surface area contributed by atoms with Crippen molar-refractivity contribution in [3.8, 4) is 0 Å². The fraction of sp³-hybridized carbons (Fsp3) is 0.280. The highest BCUT2D eigenvalue weighted by atomic mass is 32.2. The smallest absolute Gasteiger partial charge is 0.258 e. The normalized spacial score (nSPS) is 12.2. The number of benzene rings is 2. The molecule has 5 heteroatoms. The van der Waals surface area contributed by atoms with Gasteiger partial charge in [0.05, 0.1) is 22.1 Å². The lowest BCUT2D eigenvalue weighted by Gasteiger charge is -2.20. The maximum atomic E-state index is 13.3. The highest BCUT2D eigenvalue weighted by molar-refractivity contribution is 7.84. The van der Waals surface area contributed by atoms with E-state index in [4.69, 9.17) is 0 Å². The van der Waals surface area contributed by atoms with Crippen molar-refractivity contribution in [2.75, 3.05) is 5.32 Å². The number of carbonyl (C=O) groups excluding carboxylic acids is 1. The molecule has 4 nitrogen and oxygen atoms in total. The Hall–Kier alpha value is -2.79. The fourth-order valence-electron chi connectivity index (χ4n) is 3.42. The molecular weight excluding hydrogens is 392 g/mol. The Balaban J connectivity index is 1.93. The minimum Gasteiger partial charge on any atom is -0.321 e. The third kappa shape index (κ3) is 5.03. The molecule has 1 unspecified atom stereocenters. The number of nitrogens with zero attached hydrogens (tertiary/aromatic N) is 1. The first kappa shape index (κ1) is 21.9. The second-order valence-corrected chi connectivity index (χ2v) is 9.27. The van der Waals surface area contributed by atoms with Crippen LogP contribution in [0.25, 0.3) is 0 Å². The van der Waals surface area contributed by atoms with Gasteiger partial charge in [-0.25, -0.2) is 4.98 Å². The molecule has 1 heterocycles. The van der Waals surface area contributed by atoms with Crippen LogP contribution in [0.1, 0.15) is 66.6 Å². The molecule has 3 rings (SSSR count). The third-order valence-electron chi connectivity index (χ3n) is 4.98. The van der Waals surface area contributed by atoms with Gasteiger partial charge < -0.3 is 5.32 Å². The second kappa shape index (κ2) is 9.81. The predicted molar refractivity (Wildman–Crippen MR) is 123 cm³/mol. The summed E-state index contributed by atoms with van der Waals surface area (Å²) in [5, 5.41) is 3.42. The van der Waals surface area contributed by atoms with Gasteiger partial charge in [0, 0.05) is 11.9 Å². The number of hydrogen-bond donors (Lipinski definition) is 1. The molecule has 0 radical (unpaired) electrons. The molecule has 0 fully saturated rings. The summed E-state index contributed by atoms with van der Waals surface area (Å²) >= 11 is 0. The predicted octanol–water partition coefficient (Wildman–Crippen LogP) is 5.89. The standard InChI is InChI=1S/C25H28N2O2S/c1-17(2)20-12-8-13-21(18(3)4)23(20)27-24(28)22-14-9-15-26-25(22)30(29)16-19-10-6-5-7-11-19/h5-15,17-18H,16H2,1-4H3,(H,27,28). The largest absolute Gasteiger partial charge is 0.321 e. The van der Waals surface area contributed by atoms with Crippen molar-refractivity contribution in [2.45, 2.75) is 50.3 Å². The first-order valence-electron chi connectivity index (χ1n) is 10.2. The van der Waals surface area contributed by atoms with E-state index in [9.17, 15) is 9.00 Å². The lowest BCUT2D eigenvalue weighted by atomic mass is 9.92.